The van der Waals surface area contributed by atoms with Gasteiger partial charge in [0.25, 0.3) is 0 Å². The molecular weight excluding hydrogens is 202 g/mol. The number of rotatable bonds is 2. The van der Waals surface area contributed by atoms with Crippen molar-refractivity contribution in [3.63, 3.8) is 0 Å². The molecule has 16 heavy (non-hydrogen) atoms. The molecule has 0 aliphatic carbocycles. The summed E-state index contributed by atoms with van der Waals surface area (Å²) in [4.78, 5) is 0. The molecule has 0 aliphatic heterocycles. The van der Waals surface area contributed by atoms with Crippen molar-refractivity contribution < 1.29 is 0 Å². The number of fused-ring (bicyclic) bond motifs is 1. The number of nitrogens with two attached hydrogens (primary N) is 1. The first-order valence-corrected chi connectivity index (χ1v) is 4.86. The van der Waals surface area contributed by atoms with Crippen LogP contribution in [0.2, 0.25) is 0 Å². The minimum atomic E-state index is 0.360. The smallest absolute Gasteiger partial charge is 0.113 e. The summed E-state index contributed by atoms with van der Waals surface area (Å²) >= 11 is 0. The maximum atomic E-state index is 8.92. The number of para-hydroxylation sites is 1. The monoisotopic (exact) mass is 213 g/mol. The summed E-state index contributed by atoms with van der Waals surface area (Å²) in [6.07, 6.45) is 0. The van der Waals surface area contributed by atoms with Crippen molar-refractivity contribution in [2.45, 2.75) is 13.5 Å². The largest absolute Gasteiger partial charge is 0.401 e. The van der Waals surface area contributed by atoms with E-state index in [1.54, 1.807) is 11.6 Å². The normalized spacial score (nSPS) is 12.2. The molecule has 1 heterocycles. The minimum Gasteiger partial charge on any atom is -0.401 e. The number of aromatic nitrogens is 3. The van der Waals surface area contributed by atoms with Crippen LogP contribution in [-0.4, -0.2) is 15.0 Å². The molecule has 1 aromatic heterocycles. The van der Waals surface area contributed by atoms with Crippen molar-refractivity contribution in [2.75, 3.05) is 0 Å². The van der Waals surface area contributed by atoms with Gasteiger partial charge in [-0.3, -0.25) is 0 Å². The molecule has 0 amide bonds. The second-order valence-corrected chi connectivity index (χ2v) is 3.51. The Morgan fingerprint density at radius 3 is 2.94 bits per heavy atom. The summed E-state index contributed by atoms with van der Waals surface area (Å²) in [5.74, 6) is 0. The van der Waals surface area contributed by atoms with Crippen molar-refractivity contribution in [2.24, 2.45) is 5.73 Å². The molecule has 0 bridgehead atoms. The zero-order valence-electron chi connectivity index (χ0n) is 8.88. The van der Waals surface area contributed by atoms with E-state index in [2.05, 4.69) is 16.4 Å². The summed E-state index contributed by atoms with van der Waals surface area (Å²) in [6, 6.07) is 9.67. The van der Waals surface area contributed by atoms with E-state index < -0.39 is 0 Å². The van der Waals surface area contributed by atoms with E-state index in [0.717, 1.165) is 11.0 Å². The molecule has 0 saturated heterocycles. The molecule has 0 unspecified atom stereocenters. The van der Waals surface area contributed by atoms with Crippen molar-refractivity contribution in [3.8, 4) is 6.07 Å². The number of hydrogen-bond donors (Lipinski definition) is 1. The second-order valence-electron chi connectivity index (χ2n) is 3.51. The van der Waals surface area contributed by atoms with Gasteiger partial charge in [-0.05, 0) is 19.1 Å². The number of benzene rings is 1. The number of nitrogens with zero attached hydrogens (tertiary/aromatic N) is 4. The van der Waals surface area contributed by atoms with E-state index in [0.29, 0.717) is 17.8 Å². The van der Waals surface area contributed by atoms with E-state index in [9.17, 15) is 0 Å². The van der Waals surface area contributed by atoms with Gasteiger partial charge in [0.05, 0.1) is 23.7 Å². The predicted molar refractivity (Wildman–Crippen MR) is 60.0 cm³/mol. The second kappa shape index (κ2) is 4.03. The fourth-order valence-electron chi connectivity index (χ4n) is 1.43. The molecule has 5 nitrogen and oxygen atoms in total. The summed E-state index contributed by atoms with van der Waals surface area (Å²) < 4.78 is 1.67. The Morgan fingerprint density at radius 2 is 2.25 bits per heavy atom. The summed E-state index contributed by atoms with van der Waals surface area (Å²) in [5.41, 5.74) is 8.34. The lowest BCUT2D eigenvalue weighted by Crippen LogP contribution is -2.07. The Morgan fingerprint density at radius 1 is 1.50 bits per heavy atom. The van der Waals surface area contributed by atoms with Crippen LogP contribution in [0.5, 0.6) is 0 Å². The van der Waals surface area contributed by atoms with Crippen LogP contribution >= 0.6 is 0 Å². The van der Waals surface area contributed by atoms with Crippen LogP contribution in [0.1, 0.15) is 6.92 Å². The van der Waals surface area contributed by atoms with Gasteiger partial charge < -0.3 is 5.73 Å². The van der Waals surface area contributed by atoms with Crippen LogP contribution in [0, 0.1) is 11.3 Å². The summed E-state index contributed by atoms with van der Waals surface area (Å²) in [5, 5.41) is 16.9. The lowest BCUT2D eigenvalue weighted by atomic mass is 10.2. The van der Waals surface area contributed by atoms with Crippen molar-refractivity contribution in [3.05, 3.63) is 35.5 Å². The molecule has 2 aromatic rings. The van der Waals surface area contributed by atoms with E-state index in [-0.39, 0.29) is 0 Å². The highest BCUT2D eigenvalue weighted by molar-refractivity contribution is 5.73. The zero-order chi connectivity index (χ0) is 11.5. The van der Waals surface area contributed by atoms with E-state index in [1.165, 1.54) is 0 Å². The average molecular weight is 213 g/mol. The van der Waals surface area contributed by atoms with Gasteiger partial charge >= 0.3 is 0 Å². The van der Waals surface area contributed by atoms with Gasteiger partial charge in [0.15, 0.2) is 0 Å². The molecule has 1 aromatic carbocycles. The van der Waals surface area contributed by atoms with Gasteiger partial charge in [0.1, 0.15) is 5.52 Å². The summed E-state index contributed by atoms with van der Waals surface area (Å²) in [6.45, 7) is 2.07. The number of nitriles is 1. The molecule has 0 saturated carbocycles. The molecule has 0 aliphatic rings. The Kier molecular flexibility index (Phi) is 2.56. The fraction of sp³-hybridized carbons (Fsp3) is 0.182. The standard InChI is InChI=1S/C11H11N5/c1-8(13)9(6-12)7-16-11-5-3-2-4-10(11)14-15-16/h2-5H,7,13H2,1H3/b9-8+. The lowest BCUT2D eigenvalue weighted by molar-refractivity contribution is 0.666. The third-order valence-corrected chi connectivity index (χ3v) is 2.34. The van der Waals surface area contributed by atoms with Gasteiger partial charge in [-0.1, -0.05) is 17.3 Å². The zero-order valence-corrected chi connectivity index (χ0v) is 8.88. The maximum Gasteiger partial charge on any atom is 0.113 e. The summed E-state index contributed by atoms with van der Waals surface area (Å²) in [7, 11) is 0. The van der Waals surface area contributed by atoms with Crippen molar-refractivity contribution >= 4 is 11.0 Å². The van der Waals surface area contributed by atoms with E-state index in [4.69, 9.17) is 11.0 Å². The van der Waals surface area contributed by atoms with E-state index in [1.807, 2.05) is 24.3 Å². The van der Waals surface area contributed by atoms with Crippen LogP contribution < -0.4 is 5.73 Å². The first kappa shape index (κ1) is 10.2. The topological polar surface area (TPSA) is 80.5 Å². The van der Waals surface area contributed by atoms with Crippen LogP contribution in [0.15, 0.2) is 35.5 Å². The van der Waals surface area contributed by atoms with Gasteiger partial charge in [-0.15, -0.1) is 5.10 Å². The van der Waals surface area contributed by atoms with Crippen LogP contribution in [0.4, 0.5) is 0 Å². The van der Waals surface area contributed by atoms with Gasteiger partial charge in [0, 0.05) is 5.70 Å². The Hall–Kier alpha value is -2.35. The SMILES string of the molecule is C/C(N)=C(/C#N)Cn1nnc2ccccc21. The minimum absolute atomic E-state index is 0.360. The van der Waals surface area contributed by atoms with Crippen LogP contribution in [0.3, 0.4) is 0 Å². The molecular formula is C11H11N5. The maximum absolute atomic E-state index is 8.92. The van der Waals surface area contributed by atoms with Gasteiger partial charge in [-0.25, -0.2) is 4.68 Å². The molecule has 0 spiro atoms. The molecule has 2 rings (SSSR count). The molecule has 5 heteroatoms. The molecule has 0 fully saturated rings. The number of allylic oxidation sites excluding steroid dienone is 2. The first-order valence-electron chi connectivity index (χ1n) is 4.86. The predicted octanol–water partition coefficient (Wildman–Crippen LogP) is 1.19. The quantitative estimate of drug-likeness (QED) is 0.760. The Labute approximate surface area is 92.8 Å². The molecule has 2 N–H and O–H groups in total. The third-order valence-electron chi connectivity index (χ3n) is 2.34. The van der Waals surface area contributed by atoms with Gasteiger partial charge in [0.2, 0.25) is 0 Å². The molecule has 80 valence electrons. The lowest BCUT2D eigenvalue weighted by Gasteiger charge is -2.02. The highest BCUT2D eigenvalue weighted by Crippen LogP contribution is 2.11. The van der Waals surface area contributed by atoms with E-state index >= 15 is 0 Å². The Balaban J connectivity index is 2.43. The highest BCUT2D eigenvalue weighted by atomic mass is 15.4. The molecule has 0 radical (unpaired) electrons. The third kappa shape index (κ3) is 1.73. The van der Waals surface area contributed by atoms with Gasteiger partial charge in [-0.2, -0.15) is 5.26 Å². The number of hydrogen-bond acceptors (Lipinski definition) is 4. The Bertz CT molecular complexity index is 584. The van der Waals surface area contributed by atoms with Crippen molar-refractivity contribution in [1.29, 1.82) is 5.26 Å². The average Bonchev–Trinajstić information content (AvgIpc) is 2.69. The van der Waals surface area contributed by atoms with Crippen LogP contribution in [-0.2, 0) is 6.54 Å². The van der Waals surface area contributed by atoms with Crippen molar-refractivity contribution in [1.82, 2.24) is 15.0 Å². The molecule has 0 atom stereocenters. The van der Waals surface area contributed by atoms with Crippen LogP contribution in [0.25, 0.3) is 11.0 Å². The highest BCUT2D eigenvalue weighted by Gasteiger charge is 2.06. The first-order chi connectivity index (χ1) is 7.72. The fourth-order valence-corrected chi connectivity index (χ4v) is 1.43.